The molecule has 0 aliphatic carbocycles. The van der Waals surface area contributed by atoms with Crippen LogP contribution in [0.2, 0.25) is 0 Å². The maximum Gasteiger partial charge on any atom is 0.240 e. The molecule has 0 aliphatic heterocycles. The lowest BCUT2D eigenvalue weighted by Crippen LogP contribution is -2.32. The van der Waals surface area contributed by atoms with Crippen LogP contribution in [0.4, 0.5) is 5.69 Å². The Hall–Kier alpha value is -1.06. The van der Waals surface area contributed by atoms with Gasteiger partial charge in [-0.25, -0.2) is 0 Å². The fraction of sp³-hybridized carbons (Fsp3) is 0.300. The highest BCUT2D eigenvalue weighted by Gasteiger charge is 2.07. The SMILES string of the molecule is Cc1ccc(N(C)C(=O)CN)cc1.Cl. The summed E-state index contributed by atoms with van der Waals surface area (Å²) in [4.78, 5) is 12.8. The average Bonchev–Trinajstić information content (AvgIpc) is 2.17. The monoisotopic (exact) mass is 214 g/mol. The molecular weight excluding hydrogens is 200 g/mol. The molecule has 78 valence electrons. The standard InChI is InChI=1S/C10H14N2O.ClH/c1-8-3-5-9(6-4-8)12(2)10(13)7-11;/h3-6H,7,11H2,1-2H3;1H. The second kappa shape index (κ2) is 5.62. The van der Waals surface area contributed by atoms with Gasteiger partial charge in [-0.2, -0.15) is 0 Å². The number of nitrogens with two attached hydrogens (primary N) is 1. The summed E-state index contributed by atoms with van der Waals surface area (Å²) in [5.41, 5.74) is 7.30. The second-order valence-electron chi connectivity index (χ2n) is 2.99. The Kier molecular flexibility index (Phi) is 5.20. The summed E-state index contributed by atoms with van der Waals surface area (Å²) in [5, 5.41) is 0. The molecule has 0 spiro atoms. The molecule has 0 aromatic heterocycles. The molecule has 0 aliphatic rings. The van der Waals surface area contributed by atoms with Crippen molar-refractivity contribution in [2.75, 3.05) is 18.5 Å². The largest absolute Gasteiger partial charge is 0.322 e. The van der Waals surface area contributed by atoms with Crippen molar-refractivity contribution in [3.8, 4) is 0 Å². The molecule has 1 rings (SSSR count). The van der Waals surface area contributed by atoms with Gasteiger partial charge in [0.25, 0.3) is 0 Å². The Morgan fingerprint density at radius 3 is 2.29 bits per heavy atom. The van der Waals surface area contributed by atoms with E-state index in [0.717, 1.165) is 5.69 Å². The summed E-state index contributed by atoms with van der Waals surface area (Å²) >= 11 is 0. The minimum Gasteiger partial charge on any atom is -0.322 e. The highest BCUT2D eigenvalue weighted by Crippen LogP contribution is 2.12. The second-order valence-corrected chi connectivity index (χ2v) is 2.99. The summed E-state index contributed by atoms with van der Waals surface area (Å²) in [6.45, 7) is 2.05. The van der Waals surface area contributed by atoms with E-state index in [2.05, 4.69) is 0 Å². The number of carbonyl (C=O) groups excluding carboxylic acids is 1. The van der Waals surface area contributed by atoms with E-state index in [4.69, 9.17) is 5.73 Å². The molecule has 0 heterocycles. The van der Waals surface area contributed by atoms with Gasteiger partial charge in [-0.3, -0.25) is 4.79 Å². The van der Waals surface area contributed by atoms with Crippen molar-refractivity contribution in [1.29, 1.82) is 0 Å². The summed E-state index contributed by atoms with van der Waals surface area (Å²) in [5.74, 6) is -0.0798. The fourth-order valence-electron chi connectivity index (χ4n) is 1.05. The molecule has 0 unspecified atom stereocenters. The number of hydrogen-bond acceptors (Lipinski definition) is 2. The predicted molar refractivity (Wildman–Crippen MR) is 60.9 cm³/mol. The number of halogens is 1. The van der Waals surface area contributed by atoms with Crippen molar-refractivity contribution >= 4 is 24.0 Å². The Morgan fingerprint density at radius 2 is 1.86 bits per heavy atom. The number of anilines is 1. The van der Waals surface area contributed by atoms with Gasteiger partial charge in [-0.05, 0) is 19.1 Å². The van der Waals surface area contributed by atoms with Gasteiger partial charge in [0, 0.05) is 12.7 Å². The molecule has 1 amide bonds. The third kappa shape index (κ3) is 3.01. The maximum absolute atomic E-state index is 11.2. The van der Waals surface area contributed by atoms with Crippen LogP contribution in [0.15, 0.2) is 24.3 Å². The van der Waals surface area contributed by atoms with Crippen molar-refractivity contribution < 1.29 is 4.79 Å². The van der Waals surface area contributed by atoms with Gasteiger partial charge in [0.2, 0.25) is 5.91 Å². The van der Waals surface area contributed by atoms with E-state index in [1.54, 1.807) is 11.9 Å². The minimum atomic E-state index is -0.0798. The first-order valence-corrected chi connectivity index (χ1v) is 4.18. The zero-order valence-electron chi connectivity index (χ0n) is 8.36. The van der Waals surface area contributed by atoms with Crippen LogP contribution in [0, 0.1) is 6.92 Å². The number of likely N-dealkylation sites (N-methyl/N-ethyl adjacent to an activating group) is 1. The summed E-state index contributed by atoms with van der Waals surface area (Å²) in [6, 6.07) is 7.75. The highest BCUT2D eigenvalue weighted by molar-refractivity contribution is 5.94. The third-order valence-electron chi connectivity index (χ3n) is 1.97. The van der Waals surface area contributed by atoms with Gasteiger partial charge in [0.05, 0.1) is 6.54 Å². The average molecular weight is 215 g/mol. The zero-order valence-corrected chi connectivity index (χ0v) is 9.17. The van der Waals surface area contributed by atoms with Crippen LogP contribution in [-0.4, -0.2) is 19.5 Å². The number of aryl methyl sites for hydroxylation is 1. The Balaban J connectivity index is 0.00000169. The minimum absolute atomic E-state index is 0. The van der Waals surface area contributed by atoms with E-state index in [-0.39, 0.29) is 24.9 Å². The molecule has 0 atom stereocenters. The zero-order chi connectivity index (χ0) is 9.84. The number of amides is 1. The summed E-state index contributed by atoms with van der Waals surface area (Å²) in [6.07, 6.45) is 0. The van der Waals surface area contributed by atoms with Crippen molar-refractivity contribution in [3.63, 3.8) is 0 Å². The molecule has 0 bridgehead atoms. The van der Waals surface area contributed by atoms with E-state index in [0.29, 0.717) is 0 Å². The van der Waals surface area contributed by atoms with Crippen LogP contribution < -0.4 is 10.6 Å². The number of rotatable bonds is 2. The lowest BCUT2D eigenvalue weighted by molar-refractivity contribution is -0.117. The quantitative estimate of drug-likeness (QED) is 0.808. The number of benzene rings is 1. The van der Waals surface area contributed by atoms with Gasteiger partial charge in [-0.15, -0.1) is 12.4 Å². The van der Waals surface area contributed by atoms with Crippen LogP contribution >= 0.6 is 12.4 Å². The molecule has 0 radical (unpaired) electrons. The van der Waals surface area contributed by atoms with Gasteiger partial charge < -0.3 is 10.6 Å². The van der Waals surface area contributed by atoms with Gasteiger partial charge in [-0.1, -0.05) is 17.7 Å². The smallest absolute Gasteiger partial charge is 0.240 e. The normalized spacial score (nSPS) is 9.07. The molecule has 0 saturated carbocycles. The van der Waals surface area contributed by atoms with E-state index in [1.807, 2.05) is 31.2 Å². The van der Waals surface area contributed by atoms with E-state index in [9.17, 15) is 4.79 Å². The van der Waals surface area contributed by atoms with E-state index in [1.165, 1.54) is 5.56 Å². The maximum atomic E-state index is 11.2. The van der Waals surface area contributed by atoms with Crippen LogP contribution in [0.1, 0.15) is 5.56 Å². The number of carbonyl (C=O) groups is 1. The molecule has 1 aromatic rings. The van der Waals surface area contributed by atoms with Crippen LogP contribution in [0.3, 0.4) is 0 Å². The van der Waals surface area contributed by atoms with Crippen molar-refractivity contribution in [1.82, 2.24) is 0 Å². The van der Waals surface area contributed by atoms with E-state index >= 15 is 0 Å². The van der Waals surface area contributed by atoms with Crippen molar-refractivity contribution in [2.24, 2.45) is 5.73 Å². The molecular formula is C10H15ClN2O. The fourth-order valence-corrected chi connectivity index (χ4v) is 1.05. The topological polar surface area (TPSA) is 46.3 Å². The predicted octanol–water partition coefficient (Wildman–Crippen LogP) is 1.34. The molecule has 4 heteroatoms. The molecule has 1 aromatic carbocycles. The van der Waals surface area contributed by atoms with Gasteiger partial charge >= 0.3 is 0 Å². The highest BCUT2D eigenvalue weighted by atomic mass is 35.5. The molecule has 0 fully saturated rings. The molecule has 14 heavy (non-hydrogen) atoms. The Labute approximate surface area is 90.3 Å². The summed E-state index contributed by atoms with van der Waals surface area (Å²) in [7, 11) is 1.72. The Bertz CT molecular complexity index is 297. The van der Waals surface area contributed by atoms with E-state index < -0.39 is 0 Å². The van der Waals surface area contributed by atoms with Crippen LogP contribution in [0.25, 0.3) is 0 Å². The van der Waals surface area contributed by atoms with Crippen LogP contribution in [-0.2, 0) is 4.79 Å². The number of hydrogen-bond donors (Lipinski definition) is 1. The first kappa shape index (κ1) is 12.9. The first-order chi connectivity index (χ1) is 6.15. The third-order valence-corrected chi connectivity index (χ3v) is 1.97. The number of nitrogens with zero attached hydrogens (tertiary/aromatic N) is 1. The molecule has 2 N–H and O–H groups in total. The van der Waals surface area contributed by atoms with Crippen molar-refractivity contribution in [3.05, 3.63) is 29.8 Å². The lowest BCUT2D eigenvalue weighted by Gasteiger charge is -2.16. The molecule has 0 saturated heterocycles. The van der Waals surface area contributed by atoms with Gasteiger partial charge in [0.1, 0.15) is 0 Å². The van der Waals surface area contributed by atoms with Gasteiger partial charge in [0.15, 0.2) is 0 Å². The Morgan fingerprint density at radius 1 is 1.36 bits per heavy atom. The first-order valence-electron chi connectivity index (χ1n) is 4.18. The molecule has 3 nitrogen and oxygen atoms in total. The van der Waals surface area contributed by atoms with Crippen molar-refractivity contribution in [2.45, 2.75) is 6.92 Å². The lowest BCUT2D eigenvalue weighted by atomic mass is 10.2. The van der Waals surface area contributed by atoms with Crippen LogP contribution in [0.5, 0.6) is 0 Å². The summed E-state index contributed by atoms with van der Waals surface area (Å²) < 4.78 is 0.